The van der Waals surface area contributed by atoms with Crippen molar-refractivity contribution in [1.29, 1.82) is 0 Å². The minimum absolute atomic E-state index is 0.000281. The number of rotatable bonds is 36. The van der Waals surface area contributed by atoms with Gasteiger partial charge in [0.2, 0.25) is 35.4 Å². The first-order chi connectivity index (χ1) is 44.0. The van der Waals surface area contributed by atoms with Gasteiger partial charge in [0.25, 0.3) is 0 Å². The summed E-state index contributed by atoms with van der Waals surface area (Å²) in [4.78, 5) is 186. The van der Waals surface area contributed by atoms with Gasteiger partial charge < -0.3 is 73.2 Å². The van der Waals surface area contributed by atoms with Crippen LogP contribution in [0.25, 0.3) is 0 Å². The molecule has 15 N–H and O–H groups in total. The van der Waals surface area contributed by atoms with Gasteiger partial charge in [0.15, 0.2) is 0 Å². The molecule has 2 aliphatic rings. The molecule has 2 aliphatic heterocycles. The zero-order chi connectivity index (χ0) is 69.2. The molecule has 2 saturated heterocycles. The molecule has 1 aromatic rings. The lowest BCUT2D eigenvalue weighted by Gasteiger charge is -2.35. The maximum atomic E-state index is 14.1. The Balaban J connectivity index is 1.85. The predicted molar refractivity (Wildman–Crippen MR) is 325 cm³/mol. The lowest BCUT2D eigenvalue weighted by Crippen LogP contribution is -2.52. The number of nitrogens with two attached hydrogens (primary N) is 1. The van der Waals surface area contributed by atoms with Gasteiger partial charge in [-0.05, 0) is 36.8 Å². The minimum atomic E-state index is -1.41. The highest BCUT2D eigenvalue weighted by atomic mass is 16.4. The highest BCUT2D eigenvalue weighted by Crippen LogP contribution is 2.14. The number of primary amides is 1. The number of carbonyl (C=O) groups is 14. The summed E-state index contributed by atoms with van der Waals surface area (Å²) in [5, 5.41) is 91.9. The molecule has 0 aliphatic carbocycles. The molecule has 2 fully saturated rings. The van der Waals surface area contributed by atoms with Crippen LogP contribution in [0, 0.1) is 0 Å². The molecule has 0 bridgehead atoms. The van der Waals surface area contributed by atoms with Crippen molar-refractivity contribution in [3.05, 3.63) is 35.4 Å². The molecule has 36 nitrogen and oxygen atoms in total. The molecule has 0 saturated carbocycles. The molecule has 36 heteroatoms. The van der Waals surface area contributed by atoms with Crippen LogP contribution in [0.4, 0.5) is 0 Å². The molecule has 3 rings (SSSR count). The average molecular weight is 1320 g/mol. The zero-order valence-electron chi connectivity index (χ0n) is 52.2. The largest absolute Gasteiger partial charge is 0.480 e. The Morgan fingerprint density at radius 1 is 0.387 bits per heavy atom. The molecule has 0 aromatic heterocycles. The molecular formula is C57H90N14O22. The number of aliphatic carboxylic acids is 8. The third kappa shape index (κ3) is 33.6. The van der Waals surface area contributed by atoms with Gasteiger partial charge in [-0.1, -0.05) is 24.3 Å². The van der Waals surface area contributed by atoms with Crippen molar-refractivity contribution in [2.75, 3.05) is 151 Å². The van der Waals surface area contributed by atoms with E-state index < -0.39 is 159 Å². The maximum Gasteiger partial charge on any atom is 0.320 e. The van der Waals surface area contributed by atoms with Crippen molar-refractivity contribution in [1.82, 2.24) is 65.8 Å². The molecular weight excluding hydrogens is 1230 g/mol. The Morgan fingerprint density at radius 2 is 0.677 bits per heavy atom. The second-order valence-electron chi connectivity index (χ2n) is 22.6. The first-order valence-corrected chi connectivity index (χ1v) is 30.3. The number of hydrogen-bond donors (Lipinski definition) is 14. The fourth-order valence-electron chi connectivity index (χ4n) is 10.5. The first-order valence-electron chi connectivity index (χ1n) is 30.3. The minimum Gasteiger partial charge on any atom is -0.480 e. The summed E-state index contributed by atoms with van der Waals surface area (Å²) in [6.45, 7) is -1.55. The number of benzene rings is 1. The van der Waals surface area contributed by atoms with Crippen LogP contribution in [-0.2, 0) is 80.2 Å². The molecule has 0 radical (unpaired) electrons. The zero-order valence-corrected chi connectivity index (χ0v) is 52.2. The quantitative estimate of drug-likeness (QED) is 0.0297. The van der Waals surface area contributed by atoms with E-state index in [0.717, 1.165) is 0 Å². The predicted octanol–water partition coefficient (Wildman–Crippen LogP) is -5.90. The Bertz CT molecular complexity index is 2650. The molecule has 6 amide bonds. The summed E-state index contributed by atoms with van der Waals surface area (Å²) in [6, 6.07) is 1.35. The lowest BCUT2D eigenvalue weighted by molar-refractivity contribution is -0.145. The summed E-state index contributed by atoms with van der Waals surface area (Å²) in [5.74, 6) is -13.8. The van der Waals surface area contributed by atoms with Crippen molar-refractivity contribution in [3.8, 4) is 0 Å². The summed E-state index contributed by atoms with van der Waals surface area (Å²) in [7, 11) is 0. The van der Waals surface area contributed by atoms with Crippen molar-refractivity contribution in [2.45, 2.75) is 89.1 Å². The van der Waals surface area contributed by atoms with Gasteiger partial charge in [-0.15, -0.1) is 0 Å². The van der Waals surface area contributed by atoms with Gasteiger partial charge in [-0.25, -0.2) is 0 Å². The number of hydrogen-bond acceptors (Lipinski definition) is 22. The fraction of sp³-hybridized carbons (Fsp3) is 0.649. The highest BCUT2D eigenvalue weighted by Gasteiger charge is 2.32. The summed E-state index contributed by atoms with van der Waals surface area (Å²) < 4.78 is 0. The normalized spacial score (nSPS) is 17.6. The van der Waals surface area contributed by atoms with Crippen molar-refractivity contribution in [3.63, 3.8) is 0 Å². The van der Waals surface area contributed by atoms with Crippen molar-refractivity contribution < 1.29 is 108 Å². The van der Waals surface area contributed by atoms with Gasteiger partial charge in [0.05, 0.1) is 39.3 Å². The molecule has 0 spiro atoms. The number of nitrogens with one attached hydrogen (secondary N) is 5. The average Bonchev–Trinajstić information content (AvgIpc) is 1.82. The van der Waals surface area contributed by atoms with Crippen molar-refractivity contribution in [2.24, 2.45) is 5.73 Å². The summed E-state index contributed by atoms with van der Waals surface area (Å²) >= 11 is 0. The Morgan fingerprint density at radius 3 is 0.957 bits per heavy atom. The van der Waals surface area contributed by atoms with E-state index in [2.05, 4.69) is 26.6 Å². The van der Waals surface area contributed by atoms with Crippen LogP contribution in [0.1, 0.15) is 63.0 Å². The highest BCUT2D eigenvalue weighted by molar-refractivity contribution is 5.89. The van der Waals surface area contributed by atoms with Crippen LogP contribution >= 0.6 is 0 Å². The van der Waals surface area contributed by atoms with Crippen LogP contribution in [0.3, 0.4) is 0 Å². The van der Waals surface area contributed by atoms with Crippen LogP contribution in [-0.4, -0.2) is 338 Å². The topological polar surface area (TPSA) is 513 Å². The maximum absolute atomic E-state index is 14.1. The van der Waals surface area contributed by atoms with E-state index in [-0.39, 0.29) is 156 Å². The lowest BCUT2D eigenvalue weighted by atomic mass is 10.1. The van der Waals surface area contributed by atoms with Crippen LogP contribution < -0.4 is 32.3 Å². The van der Waals surface area contributed by atoms with E-state index in [9.17, 15) is 108 Å². The van der Waals surface area contributed by atoms with Crippen LogP contribution in [0.5, 0.6) is 0 Å². The van der Waals surface area contributed by atoms with Gasteiger partial charge >= 0.3 is 47.8 Å². The number of carboxylic acids is 8. The molecule has 1 aromatic carbocycles. The van der Waals surface area contributed by atoms with Gasteiger partial charge in [0.1, 0.15) is 24.2 Å². The van der Waals surface area contributed by atoms with Crippen molar-refractivity contribution >= 4 is 83.2 Å². The van der Waals surface area contributed by atoms with Gasteiger partial charge in [-0.3, -0.25) is 106 Å². The van der Waals surface area contributed by atoms with E-state index in [4.69, 9.17) is 5.73 Å². The Labute approximate surface area is 536 Å². The summed E-state index contributed by atoms with van der Waals surface area (Å²) in [6.07, 6.45) is -2.03. The van der Waals surface area contributed by atoms with Gasteiger partial charge in [0, 0.05) is 151 Å². The third-order valence-electron chi connectivity index (χ3n) is 15.4. The molecule has 93 heavy (non-hydrogen) atoms. The number of carbonyl (C=O) groups excluding carboxylic acids is 6. The van der Waals surface area contributed by atoms with Crippen LogP contribution in [0.2, 0.25) is 0 Å². The molecule has 3 unspecified atom stereocenters. The fourth-order valence-corrected chi connectivity index (χ4v) is 10.5. The number of carboxylic acid groups (broad SMARTS) is 8. The van der Waals surface area contributed by atoms with E-state index in [1.165, 1.54) is 41.2 Å². The van der Waals surface area contributed by atoms with E-state index in [1.54, 1.807) is 29.2 Å². The molecule has 2 heterocycles. The Hall–Kier alpha value is -8.52. The molecule has 520 valence electrons. The molecule has 4 atom stereocenters. The third-order valence-corrected chi connectivity index (χ3v) is 15.4. The van der Waals surface area contributed by atoms with E-state index in [1.807, 2.05) is 0 Å². The SMILES string of the molecule is CC(=O)NC(CCC(N)=O)C(=O)NCc1ccc(CNC(=O)[C@H](CCNC(=O)CCC(C(=O)O)N2CCN(CC(=O)O)CCN(CC(=O)O)CCN(CC(=O)O)CC2)NC(=O)CCC(C(=O)O)N2CCN(CC(=O)O)CCN(CC(=O)O)CCN(CC(=O)O)CC2)cc1. The second kappa shape index (κ2) is 41.9. The Kier molecular flexibility index (Phi) is 35.4. The number of nitrogens with zero attached hydrogens (tertiary/aromatic N) is 8. The van der Waals surface area contributed by atoms with E-state index >= 15 is 0 Å². The summed E-state index contributed by atoms with van der Waals surface area (Å²) in [5.41, 5.74) is 6.37. The van der Waals surface area contributed by atoms with Crippen LogP contribution in [0.15, 0.2) is 24.3 Å². The smallest absolute Gasteiger partial charge is 0.320 e. The first kappa shape index (κ1) is 78.7. The van der Waals surface area contributed by atoms with E-state index in [0.29, 0.717) is 11.1 Å². The monoisotopic (exact) mass is 1320 g/mol. The standard InChI is InChI=1S/C57H90N14O22/c1-38(72)62-41(6-9-45(58)73)54(88)60-30-39-2-4-40(5-3-39)31-61-55(89)42(63-47(75)11-8-44(57(92)93)71-28-24-68(36-52(84)85)20-16-65(33-49(78)79)17-21-69(25-29-71)37-53(86)87)12-13-59-46(74)10-7-43(56(90)91)70-26-22-66(34-50(80)81)18-14-64(32-48(76)77)15-19-67(23-27-70)35-51(82)83/h2-5,41-44H,6-37H2,1H3,(H2,58,73)(H,59,74)(H,60,88)(H,61,89)(H,62,72)(H,63,75)(H,76,77)(H,78,79)(H,80,81)(H,82,83)(H,84,85)(H,86,87)(H,90,91)(H,92,93)/t41?,42-,43?,44?/m0/s1. The number of amides is 6. The second-order valence-corrected chi connectivity index (χ2v) is 22.6. The van der Waals surface area contributed by atoms with Gasteiger partial charge in [-0.2, -0.15) is 0 Å².